The predicted molar refractivity (Wildman–Crippen MR) is 125 cm³/mol. The highest BCUT2D eigenvalue weighted by Crippen LogP contribution is 2.29. The molecule has 168 valence electrons. The van der Waals surface area contributed by atoms with Crippen LogP contribution in [0.15, 0.2) is 65.3 Å². The van der Waals surface area contributed by atoms with Gasteiger partial charge in [-0.3, -0.25) is 9.69 Å². The Bertz CT molecular complexity index is 1020. The molecule has 4 rings (SSSR count). The Labute approximate surface area is 189 Å². The molecule has 2 aromatic carbocycles. The lowest BCUT2D eigenvalue weighted by molar-refractivity contribution is 0.0931. The van der Waals surface area contributed by atoms with Crippen molar-refractivity contribution in [2.24, 2.45) is 0 Å². The highest BCUT2D eigenvalue weighted by molar-refractivity contribution is 6.04. The molecule has 1 aliphatic rings. The monoisotopic (exact) mass is 434 g/mol. The number of rotatable bonds is 7. The van der Waals surface area contributed by atoms with Gasteiger partial charge in [0.05, 0.1) is 20.5 Å². The molecule has 1 amide bonds. The summed E-state index contributed by atoms with van der Waals surface area (Å²) in [6.07, 6.45) is 3.31. The molecular weight excluding hydrogens is 404 g/mol. The van der Waals surface area contributed by atoms with Gasteiger partial charge in [0.2, 0.25) is 0 Å². The van der Waals surface area contributed by atoms with E-state index in [1.54, 1.807) is 32.6 Å². The number of hydrogen-bond donors (Lipinski definition) is 0. The fourth-order valence-corrected chi connectivity index (χ4v) is 4.30. The molecule has 1 fully saturated rings. The molecule has 0 unspecified atom stereocenters. The van der Waals surface area contributed by atoms with E-state index >= 15 is 0 Å². The number of likely N-dealkylation sites (tertiary alicyclic amines) is 1. The molecule has 1 aliphatic heterocycles. The average molecular weight is 435 g/mol. The molecule has 0 N–H and O–H groups in total. The molecule has 1 aromatic heterocycles. The quantitative estimate of drug-likeness (QED) is 0.529. The molecule has 0 spiro atoms. The highest BCUT2D eigenvalue weighted by Gasteiger charge is 2.31. The van der Waals surface area contributed by atoms with Crippen molar-refractivity contribution in [3.8, 4) is 11.5 Å². The van der Waals surface area contributed by atoms with Crippen LogP contribution >= 0.6 is 0 Å². The van der Waals surface area contributed by atoms with E-state index in [0.29, 0.717) is 5.76 Å². The van der Waals surface area contributed by atoms with Crippen LogP contribution in [0.25, 0.3) is 0 Å². The summed E-state index contributed by atoms with van der Waals surface area (Å²) in [7, 11) is 3.37. The minimum atomic E-state index is -0.0910. The highest BCUT2D eigenvalue weighted by atomic mass is 16.5. The molecule has 6 heteroatoms. The first-order valence-electron chi connectivity index (χ1n) is 11.0. The Hall–Kier alpha value is -3.25. The van der Waals surface area contributed by atoms with Crippen LogP contribution in [0, 0.1) is 6.92 Å². The minimum absolute atomic E-state index is 0.0910. The van der Waals surface area contributed by atoms with E-state index in [1.165, 1.54) is 5.56 Å². The number of methoxy groups -OCH3 is 2. The van der Waals surface area contributed by atoms with E-state index < -0.39 is 0 Å². The lowest BCUT2D eigenvalue weighted by Gasteiger charge is -2.38. The SMILES string of the molecule is COc1ccc(OC)c(CN2CCC(N(C(=O)c3ccco3)c3ccc(C)cc3)CC2)c1. The van der Waals surface area contributed by atoms with Crippen molar-refractivity contribution in [1.82, 2.24) is 4.90 Å². The zero-order valence-electron chi connectivity index (χ0n) is 18.9. The van der Waals surface area contributed by atoms with Crippen molar-refractivity contribution in [2.75, 3.05) is 32.2 Å². The van der Waals surface area contributed by atoms with Gasteiger partial charge < -0.3 is 18.8 Å². The van der Waals surface area contributed by atoms with Crippen LogP contribution in [0.4, 0.5) is 5.69 Å². The maximum Gasteiger partial charge on any atom is 0.294 e. The Kier molecular flexibility index (Phi) is 6.81. The van der Waals surface area contributed by atoms with Crippen molar-refractivity contribution in [2.45, 2.75) is 32.4 Å². The number of furan rings is 1. The zero-order valence-corrected chi connectivity index (χ0v) is 18.9. The van der Waals surface area contributed by atoms with Crippen molar-refractivity contribution in [3.63, 3.8) is 0 Å². The number of hydrogen-bond acceptors (Lipinski definition) is 5. The van der Waals surface area contributed by atoms with Crippen LogP contribution in [-0.2, 0) is 6.54 Å². The summed E-state index contributed by atoms with van der Waals surface area (Å²) in [5, 5.41) is 0. The summed E-state index contributed by atoms with van der Waals surface area (Å²) < 4.78 is 16.4. The first-order chi connectivity index (χ1) is 15.6. The molecule has 6 nitrogen and oxygen atoms in total. The number of aryl methyl sites for hydroxylation is 1. The number of piperidine rings is 1. The second kappa shape index (κ2) is 9.92. The van der Waals surface area contributed by atoms with Gasteiger partial charge in [-0.15, -0.1) is 0 Å². The maximum absolute atomic E-state index is 13.3. The summed E-state index contributed by atoms with van der Waals surface area (Å²) in [5.74, 6) is 1.97. The number of carbonyl (C=O) groups excluding carboxylic acids is 1. The van der Waals surface area contributed by atoms with Crippen molar-refractivity contribution < 1.29 is 18.7 Å². The van der Waals surface area contributed by atoms with Gasteiger partial charge in [-0.2, -0.15) is 0 Å². The molecule has 0 bridgehead atoms. The number of ether oxygens (including phenoxy) is 2. The maximum atomic E-state index is 13.3. The summed E-state index contributed by atoms with van der Waals surface area (Å²) in [6, 6.07) is 17.6. The molecule has 0 radical (unpaired) electrons. The van der Waals surface area contributed by atoms with Crippen LogP contribution in [0.5, 0.6) is 11.5 Å². The number of anilines is 1. The van der Waals surface area contributed by atoms with E-state index in [2.05, 4.69) is 4.90 Å². The smallest absolute Gasteiger partial charge is 0.294 e. The fourth-order valence-electron chi connectivity index (χ4n) is 4.30. The van der Waals surface area contributed by atoms with Gasteiger partial charge in [0.1, 0.15) is 11.5 Å². The molecule has 32 heavy (non-hydrogen) atoms. The third-order valence-electron chi connectivity index (χ3n) is 6.07. The predicted octanol–water partition coefficient (Wildman–Crippen LogP) is 4.92. The Morgan fingerprint density at radius 1 is 1.06 bits per heavy atom. The molecule has 0 aliphatic carbocycles. The van der Waals surface area contributed by atoms with Gasteiger partial charge in [-0.05, 0) is 62.2 Å². The summed E-state index contributed by atoms with van der Waals surface area (Å²) in [6.45, 7) is 4.61. The normalized spacial score (nSPS) is 14.8. The summed E-state index contributed by atoms with van der Waals surface area (Å²) in [4.78, 5) is 17.6. The number of nitrogens with zero attached hydrogens (tertiary/aromatic N) is 2. The van der Waals surface area contributed by atoms with Crippen molar-refractivity contribution >= 4 is 11.6 Å². The average Bonchev–Trinajstić information content (AvgIpc) is 3.36. The third kappa shape index (κ3) is 4.81. The van der Waals surface area contributed by atoms with Gasteiger partial charge >= 0.3 is 0 Å². The number of carbonyl (C=O) groups is 1. The molecule has 0 atom stereocenters. The van der Waals surface area contributed by atoms with Gasteiger partial charge in [-0.25, -0.2) is 0 Å². The van der Waals surface area contributed by atoms with Crippen LogP contribution < -0.4 is 14.4 Å². The second-order valence-corrected chi connectivity index (χ2v) is 8.17. The van der Waals surface area contributed by atoms with E-state index in [0.717, 1.165) is 55.2 Å². The number of amides is 1. The van der Waals surface area contributed by atoms with Crippen LogP contribution in [0.3, 0.4) is 0 Å². The molecule has 1 saturated heterocycles. The van der Waals surface area contributed by atoms with E-state index in [9.17, 15) is 4.79 Å². The van der Waals surface area contributed by atoms with E-state index in [4.69, 9.17) is 13.9 Å². The molecule has 3 aromatic rings. The summed E-state index contributed by atoms with van der Waals surface area (Å²) in [5.41, 5.74) is 3.18. The van der Waals surface area contributed by atoms with Gasteiger partial charge in [0.25, 0.3) is 5.91 Å². The first-order valence-corrected chi connectivity index (χ1v) is 11.0. The van der Waals surface area contributed by atoms with Crippen LogP contribution in [-0.4, -0.2) is 44.2 Å². The molecule has 2 heterocycles. The standard InChI is InChI=1S/C26H30N2O4/c1-19-6-8-21(9-7-19)28(26(29)25-5-4-16-32-25)22-12-14-27(15-13-22)18-20-17-23(30-2)10-11-24(20)31-3/h4-11,16-17,22H,12-15,18H2,1-3H3. The minimum Gasteiger partial charge on any atom is -0.497 e. The molecular formula is C26H30N2O4. The van der Waals surface area contributed by atoms with Crippen LogP contribution in [0.2, 0.25) is 0 Å². The topological polar surface area (TPSA) is 55.2 Å². The summed E-state index contributed by atoms with van der Waals surface area (Å²) >= 11 is 0. The lowest BCUT2D eigenvalue weighted by atomic mass is 10.0. The van der Waals surface area contributed by atoms with Crippen LogP contribution in [0.1, 0.15) is 34.5 Å². The second-order valence-electron chi connectivity index (χ2n) is 8.17. The van der Waals surface area contributed by atoms with Gasteiger partial charge in [-0.1, -0.05) is 17.7 Å². The van der Waals surface area contributed by atoms with Crippen molar-refractivity contribution in [3.05, 3.63) is 77.7 Å². The zero-order chi connectivity index (χ0) is 22.5. The Morgan fingerprint density at radius 2 is 1.81 bits per heavy atom. The van der Waals surface area contributed by atoms with Gasteiger partial charge in [0.15, 0.2) is 5.76 Å². The number of benzene rings is 2. The lowest BCUT2D eigenvalue weighted by Crippen LogP contribution is -2.47. The Balaban J connectivity index is 1.49. The Morgan fingerprint density at radius 3 is 2.44 bits per heavy atom. The van der Waals surface area contributed by atoms with Gasteiger partial charge in [0, 0.05) is 36.9 Å². The largest absolute Gasteiger partial charge is 0.497 e. The fraction of sp³-hybridized carbons (Fsp3) is 0.346. The van der Waals surface area contributed by atoms with E-state index in [1.807, 2.05) is 54.3 Å². The third-order valence-corrected chi connectivity index (χ3v) is 6.07. The van der Waals surface area contributed by atoms with E-state index in [-0.39, 0.29) is 11.9 Å². The van der Waals surface area contributed by atoms with Crippen molar-refractivity contribution in [1.29, 1.82) is 0 Å². The molecule has 0 saturated carbocycles. The first kappa shape index (κ1) is 22.0.